The molecular formula is C13H27N3O. The molecule has 4 nitrogen and oxygen atoms in total. The number of nitrogens with two attached hydrogens (primary N) is 1. The molecule has 0 spiro atoms. The number of nitrogens with zero attached hydrogens (tertiary/aromatic N) is 2. The molecule has 2 heterocycles. The van der Waals surface area contributed by atoms with Crippen LogP contribution in [0.3, 0.4) is 0 Å². The van der Waals surface area contributed by atoms with E-state index in [1.54, 1.807) is 0 Å². The summed E-state index contributed by atoms with van der Waals surface area (Å²) in [5.41, 5.74) is 5.55. The first-order chi connectivity index (χ1) is 8.11. The van der Waals surface area contributed by atoms with Crippen LogP contribution in [0.15, 0.2) is 0 Å². The number of aliphatic hydroxyl groups excluding tert-OH is 1. The average Bonchev–Trinajstić information content (AvgIpc) is 2.97. The normalized spacial score (nSPS) is 30.9. The third-order valence-electron chi connectivity index (χ3n) is 4.26. The summed E-state index contributed by atoms with van der Waals surface area (Å²) in [6.07, 6.45) is 4.94. The van der Waals surface area contributed by atoms with Crippen molar-refractivity contribution in [3.8, 4) is 0 Å². The molecule has 17 heavy (non-hydrogen) atoms. The van der Waals surface area contributed by atoms with Crippen molar-refractivity contribution in [1.82, 2.24) is 9.80 Å². The van der Waals surface area contributed by atoms with Gasteiger partial charge in [0.05, 0.1) is 6.61 Å². The Morgan fingerprint density at radius 3 is 2.65 bits per heavy atom. The molecule has 2 fully saturated rings. The monoisotopic (exact) mass is 241 g/mol. The van der Waals surface area contributed by atoms with Gasteiger partial charge in [0, 0.05) is 24.7 Å². The lowest BCUT2D eigenvalue weighted by molar-refractivity contribution is 0.177. The molecule has 2 aliphatic rings. The zero-order chi connectivity index (χ0) is 12.3. The molecule has 0 amide bonds. The molecule has 2 atom stereocenters. The highest BCUT2D eigenvalue weighted by molar-refractivity contribution is 4.87. The van der Waals surface area contributed by atoms with Crippen LogP contribution in [0.4, 0.5) is 0 Å². The van der Waals surface area contributed by atoms with E-state index in [0.717, 1.165) is 19.0 Å². The van der Waals surface area contributed by atoms with Gasteiger partial charge in [-0.3, -0.25) is 4.90 Å². The lowest BCUT2D eigenvalue weighted by Gasteiger charge is -2.26. The summed E-state index contributed by atoms with van der Waals surface area (Å²) >= 11 is 0. The maximum absolute atomic E-state index is 9.14. The van der Waals surface area contributed by atoms with E-state index in [1.165, 1.54) is 45.4 Å². The number of rotatable bonds is 5. The fraction of sp³-hybridized carbons (Fsp3) is 1.00. The third kappa shape index (κ3) is 3.65. The minimum Gasteiger partial charge on any atom is -0.394 e. The number of aliphatic hydroxyl groups is 1. The van der Waals surface area contributed by atoms with Crippen LogP contribution >= 0.6 is 0 Å². The molecule has 0 aromatic carbocycles. The molecule has 0 radical (unpaired) electrons. The number of hydrogen-bond donors (Lipinski definition) is 2. The van der Waals surface area contributed by atoms with Gasteiger partial charge in [0.2, 0.25) is 0 Å². The second kappa shape index (κ2) is 5.65. The fourth-order valence-electron chi connectivity index (χ4n) is 2.91. The number of hydrogen-bond acceptors (Lipinski definition) is 4. The van der Waals surface area contributed by atoms with Crippen LogP contribution in [0.25, 0.3) is 0 Å². The summed E-state index contributed by atoms with van der Waals surface area (Å²) in [6.45, 7) is 8.02. The van der Waals surface area contributed by atoms with Crippen molar-refractivity contribution >= 4 is 0 Å². The molecule has 0 aromatic rings. The summed E-state index contributed by atoms with van der Waals surface area (Å²) in [7, 11) is 0. The SMILES string of the molecule is CC(N)(CO)CCN1CCC(N2CCCC2)C1. The van der Waals surface area contributed by atoms with E-state index in [2.05, 4.69) is 9.80 Å². The van der Waals surface area contributed by atoms with Gasteiger partial charge in [0.1, 0.15) is 0 Å². The number of likely N-dealkylation sites (tertiary alicyclic amines) is 2. The molecule has 0 bridgehead atoms. The first-order valence-electron chi connectivity index (χ1n) is 6.97. The second-order valence-corrected chi connectivity index (χ2v) is 6.05. The predicted octanol–water partition coefficient (Wildman–Crippen LogP) is 0.256. The predicted molar refractivity (Wildman–Crippen MR) is 69.9 cm³/mol. The van der Waals surface area contributed by atoms with Gasteiger partial charge >= 0.3 is 0 Å². The van der Waals surface area contributed by atoms with Crippen molar-refractivity contribution in [2.24, 2.45) is 5.73 Å². The van der Waals surface area contributed by atoms with Crippen LogP contribution in [-0.4, -0.2) is 65.8 Å². The van der Waals surface area contributed by atoms with Gasteiger partial charge in [-0.2, -0.15) is 0 Å². The van der Waals surface area contributed by atoms with E-state index >= 15 is 0 Å². The largest absolute Gasteiger partial charge is 0.394 e. The lowest BCUT2D eigenvalue weighted by Crippen LogP contribution is -2.43. The molecule has 0 aliphatic carbocycles. The lowest BCUT2D eigenvalue weighted by atomic mass is 10.0. The fourth-order valence-corrected chi connectivity index (χ4v) is 2.91. The zero-order valence-corrected chi connectivity index (χ0v) is 11.1. The average molecular weight is 241 g/mol. The Bertz CT molecular complexity index is 239. The van der Waals surface area contributed by atoms with E-state index in [-0.39, 0.29) is 6.61 Å². The van der Waals surface area contributed by atoms with Gasteiger partial charge in [-0.1, -0.05) is 0 Å². The van der Waals surface area contributed by atoms with E-state index < -0.39 is 5.54 Å². The van der Waals surface area contributed by atoms with Crippen molar-refractivity contribution in [3.05, 3.63) is 0 Å². The van der Waals surface area contributed by atoms with E-state index in [0.29, 0.717) is 0 Å². The maximum atomic E-state index is 9.14. The summed E-state index contributed by atoms with van der Waals surface area (Å²) in [5, 5.41) is 9.14. The van der Waals surface area contributed by atoms with Gasteiger partial charge < -0.3 is 15.7 Å². The third-order valence-corrected chi connectivity index (χ3v) is 4.26. The zero-order valence-electron chi connectivity index (χ0n) is 11.1. The van der Waals surface area contributed by atoms with E-state index in [9.17, 15) is 0 Å². The summed E-state index contributed by atoms with van der Waals surface area (Å²) in [6, 6.07) is 0.774. The minimum atomic E-state index is -0.411. The standard InChI is InChI=1S/C13H27N3O/c1-13(14,11-17)5-9-15-8-4-12(10-15)16-6-2-3-7-16/h12,17H,2-11,14H2,1H3. The van der Waals surface area contributed by atoms with Crippen LogP contribution in [0.5, 0.6) is 0 Å². The van der Waals surface area contributed by atoms with Crippen LogP contribution in [0, 0.1) is 0 Å². The van der Waals surface area contributed by atoms with Gasteiger partial charge in [0.15, 0.2) is 0 Å². The highest BCUT2D eigenvalue weighted by atomic mass is 16.3. The Morgan fingerprint density at radius 2 is 2.00 bits per heavy atom. The Kier molecular flexibility index (Phi) is 4.42. The van der Waals surface area contributed by atoms with Crippen LogP contribution < -0.4 is 5.73 Å². The Morgan fingerprint density at radius 1 is 1.29 bits per heavy atom. The van der Waals surface area contributed by atoms with Gasteiger partial charge in [-0.25, -0.2) is 0 Å². The van der Waals surface area contributed by atoms with Crippen molar-refractivity contribution in [2.45, 2.75) is 44.2 Å². The molecule has 4 heteroatoms. The molecule has 100 valence electrons. The van der Waals surface area contributed by atoms with Gasteiger partial charge in [0.25, 0.3) is 0 Å². The highest BCUT2D eigenvalue weighted by Gasteiger charge is 2.29. The first kappa shape index (κ1) is 13.3. The first-order valence-corrected chi connectivity index (χ1v) is 6.97. The van der Waals surface area contributed by atoms with Crippen LogP contribution in [-0.2, 0) is 0 Å². The molecular weight excluding hydrogens is 214 g/mol. The Labute approximate surface area is 105 Å². The van der Waals surface area contributed by atoms with E-state index in [4.69, 9.17) is 10.8 Å². The summed E-state index contributed by atoms with van der Waals surface area (Å²) in [5.74, 6) is 0. The van der Waals surface area contributed by atoms with Gasteiger partial charge in [-0.15, -0.1) is 0 Å². The molecule has 2 rings (SSSR count). The van der Waals surface area contributed by atoms with Crippen LogP contribution in [0.2, 0.25) is 0 Å². The molecule has 3 N–H and O–H groups in total. The maximum Gasteiger partial charge on any atom is 0.0608 e. The molecule has 2 saturated heterocycles. The molecule has 2 aliphatic heterocycles. The van der Waals surface area contributed by atoms with Gasteiger partial charge in [-0.05, 0) is 52.2 Å². The quantitative estimate of drug-likeness (QED) is 0.725. The van der Waals surface area contributed by atoms with Crippen molar-refractivity contribution < 1.29 is 5.11 Å². The topological polar surface area (TPSA) is 52.7 Å². The van der Waals surface area contributed by atoms with E-state index in [1.807, 2.05) is 6.92 Å². The highest BCUT2D eigenvalue weighted by Crippen LogP contribution is 2.21. The van der Waals surface area contributed by atoms with Crippen molar-refractivity contribution in [1.29, 1.82) is 0 Å². The van der Waals surface area contributed by atoms with Crippen molar-refractivity contribution in [3.63, 3.8) is 0 Å². The Hall–Kier alpha value is -0.160. The van der Waals surface area contributed by atoms with Crippen molar-refractivity contribution in [2.75, 3.05) is 39.3 Å². The molecule has 2 unspecified atom stereocenters. The molecule has 0 aromatic heterocycles. The smallest absolute Gasteiger partial charge is 0.0608 e. The second-order valence-electron chi connectivity index (χ2n) is 6.05. The van der Waals surface area contributed by atoms with Crippen LogP contribution in [0.1, 0.15) is 32.6 Å². The summed E-state index contributed by atoms with van der Waals surface area (Å²) < 4.78 is 0. The summed E-state index contributed by atoms with van der Waals surface area (Å²) in [4.78, 5) is 5.15. The molecule has 0 saturated carbocycles. The minimum absolute atomic E-state index is 0.0798. The Balaban J connectivity index is 1.70.